The van der Waals surface area contributed by atoms with Gasteiger partial charge in [0.15, 0.2) is 5.13 Å². The van der Waals surface area contributed by atoms with E-state index in [2.05, 4.69) is 10.3 Å². The van der Waals surface area contributed by atoms with Gasteiger partial charge in [-0.25, -0.2) is 4.98 Å². The van der Waals surface area contributed by atoms with Crippen molar-refractivity contribution in [1.82, 2.24) is 4.98 Å². The summed E-state index contributed by atoms with van der Waals surface area (Å²) in [4.78, 5) is 14.7. The van der Waals surface area contributed by atoms with Crippen LogP contribution in [0.2, 0.25) is 0 Å². The normalized spacial score (nSPS) is 15.8. The van der Waals surface area contributed by atoms with Crippen LogP contribution in [0.1, 0.15) is 31.4 Å². The highest BCUT2D eigenvalue weighted by molar-refractivity contribution is 7.13. The van der Waals surface area contributed by atoms with E-state index in [1.165, 1.54) is 37.0 Å². The molecule has 0 bridgehead atoms. The smallest absolute Gasteiger partial charge is 0.309 e. The second-order valence-corrected chi connectivity index (χ2v) is 5.08. The van der Waals surface area contributed by atoms with Crippen molar-refractivity contribution in [3.05, 3.63) is 11.1 Å². The number of carboxylic acid groups (broad SMARTS) is 1. The minimum Gasteiger partial charge on any atom is -0.481 e. The molecule has 88 valence electrons. The van der Waals surface area contributed by atoms with Gasteiger partial charge in [0.25, 0.3) is 0 Å². The van der Waals surface area contributed by atoms with Crippen LogP contribution in [-0.4, -0.2) is 22.6 Å². The third kappa shape index (κ3) is 3.20. The van der Waals surface area contributed by atoms with Gasteiger partial charge in [0, 0.05) is 11.9 Å². The van der Waals surface area contributed by atoms with Gasteiger partial charge >= 0.3 is 5.97 Å². The Labute approximate surface area is 98.7 Å². The molecule has 0 aromatic carbocycles. The zero-order valence-corrected chi connectivity index (χ0v) is 9.92. The summed E-state index contributed by atoms with van der Waals surface area (Å²) in [6.45, 7) is 0.949. The average Bonchev–Trinajstić information content (AvgIpc) is 2.56. The summed E-state index contributed by atoms with van der Waals surface area (Å²) in [5.74, 6) is 0.0669. The standard InChI is InChI=1S/C11H16N2O2S/c14-10(15)6-9-7-16-11(13-9)12-5-4-8-2-1-3-8/h7-8H,1-6H2,(H,12,13)(H,14,15). The molecule has 0 amide bonds. The molecular formula is C11H16N2O2S. The van der Waals surface area contributed by atoms with Crippen molar-refractivity contribution in [2.24, 2.45) is 5.92 Å². The molecule has 1 saturated carbocycles. The van der Waals surface area contributed by atoms with Crippen LogP contribution in [0.3, 0.4) is 0 Å². The molecule has 0 unspecified atom stereocenters. The number of hydrogen-bond donors (Lipinski definition) is 2. The van der Waals surface area contributed by atoms with E-state index in [-0.39, 0.29) is 6.42 Å². The molecule has 5 heteroatoms. The van der Waals surface area contributed by atoms with Gasteiger partial charge in [-0.05, 0) is 12.3 Å². The number of aromatic nitrogens is 1. The number of rotatable bonds is 6. The van der Waals surface area contributed by atoms with Gasteiger partial charge in [-0.2, -0.15) is 0 Å². The largest absolute Gasteiger partial charge is 0.481 e. The van der Waals surface area contributed by atoms with Gasteiger partial charge in [-0.1, -0.05) is 19.3 Å². The molecule has 0 saturated heterocycles. The highest BCUT2D eigenvalue weighted by Crippen LogP contribution is 2.29. The molecule has 0 radical (unpaired) electrons. The van der Waals surface area contributed by atoms with Crippen molar-refractivity contribution in [3.63, 3.8) is 0 Å². The molecule has 2 N–H and O–H groups in total. The van der Waals surface area contributed by atoms with Crippen LogP contribution >= 0.6 is 11.3 Å². The van der Waals surface area contributed by atoms with Crippen LogP contribution in [0.15, 0.2) is 5.38 Å². The van der Waals surface area contributed by atoms with Crippen LogP contribution in [0, 0.1) is 5.92 Å². The summed E-state index contributed by atoms with van der Waals surface area (Å²) in [5.41, 5.74) is 0.642. The van der Waals surface area contributed by atoms with E-state index in [4.69, 9.17) is 5.11 Å². The van der Waals surface area contributed by atoms with Crippen LogP contribution in [0.5, 0.6) is 0 Å². The number of carboxylic acids is 1. The first kappa shape index (κ1) is 11.4. The Morgan fingerprint density at radius 3 is 3.06 bits per heavy atom. The molecule has 1 aromatic heterocycles. The van der Waals surface area contributed by atoms with Crippen molar-refractivity contribution < 1.29 is 9.90 Å². The number of hydrogen-bond acceptors (Lipinski definition) is 4. The molecule has 1 fully saturated rings. The number of anilines is 1. The number of thiazole rings is 1. The summed E-state index contributed by atoms with van der Waals surface area (Å²) >= 11 is 1.48. The topological polar surface area (TPSA) is 62.2 Å². The predicted molar refractivity (Wildman–Crippen MR) is 63.9 cm³/mol. The maximum absolute atomic E-state index is 10.5. The Bertz CT molecular complexity index is 361. The lowest BCUT2D eigenvalue weighted by molar-refractivity contribution is -0.136. The Kier molecular flexibility index (Phi) is 3.77. The predicted octanol–water partition coefficient (Wildman–Crippen LogP) is 2.37. The number of nitrogens with one attached hydrogen (secondary N) is 1. The summed E-state index contributed by atoms with van der Waals surface area (Å²) < 4.78 is 0. The van der Waals surface area contributed by atoms with Gasteiger partial charge in [0.05, 0.1) is 12.1 Å². The zero-order chi connectivity index (χ0) is 11.4. The van der Waals surface area contributed by atoms with Crippen LogP contribution < -0.4 is 5.32 Å². The van der Waals surface area contributed by atoms with Crippen molar-refractivity contribution >= 4 is 22.4 Å². The van der Waals surface area contributed by atoms with Crippen LogP contribution in [0.4, 0.5) is 5.13 Å². The molecule has 4 nitrogen and oxygen atoms in total. The van der Waals surface area contributed by atoms with Crippen molar-refractivity contribution in [2.45, 2.75) is 32.1 Å². The summed E-state index contributed by atoms with van der Waals surface area (Å²) in [5, 5.41) is 14.5. The molecule has 0 atom stereocenters. The Morgan fingerprint density at radius 1 is 1.62 bits per heavy atom. The lowest BCUT2D eigenvalue weighted by atomic mass is 9.83. The van der Waals surface area contributed by atoms with Gasteiger partial charge < -0.3 is 10.4 Å². The first-order valence-corrected chi connectivity index (χ1v) is 6.52. The first-order chi connectivity index (χ1) is 7.74. The van der Waals surface area contributed by atoms with E-state index in [1.54, 1.807) is 5.38 Å². The molecule has 2 rings (SSSR count). The van der Waals surface area contributed by atoms with Crippen molar-refractivity contribution in [1.29, 1.82) is 0 Å². The molecule has 0 spiro atoms. The van der Waals surface area contributed by atoms with Gasteiger partial charge in [-0.3, -0.25) is 4.79 Å². The molecule has 1 aliphatic carbocycles. The third-order valence-corrected chi connectivity index (χ3v) is 3.79. The summed E-state index contributed by atoms with van der Waals surface area (Å²) in [6.07, 6.45) is 5.33. The Morgan fingerprint density at radius 2 is 2.44 bits per heavy atom. The maximum Gasteiger partial charge on any atom is 0.309 e. The summed E-state index contributed by atoms with van der Waals surface area (Å²) in [6, 6.07) is 0. The highest BCUT2D eigenvalue weighted by atomic mass is 32.1. The van der Waals surface area contributed by atoms with Crippen molar-refractivity contribution in [3.8, 4) is 0 Å². The molecule has 1 aromatic rings. The average molecular weight is 240 g/mol. The maximum atomic E-state index is 10.5. The fourth-order valence-corrected chi connectivity index (χ4v) is 2.53. The second kappa shape index (κ2) is 5.30. The number of nitrogens with zero attached hydrogens (tertiary/aromatic N) is 1. The number of aliphatic carboxylic acids is 1. The van der Waals surface area contributed by atoms with E-state index in [9.17, 15) is 4.79 Å². The lowest BCUT2D eigenvalue weighted by Gasteiger charge is -2.24. The summed E-state index contributed by atoms with van der Waals surface area (Å²) in [7, 11) is 0. The monoisotopic (exact) mass is 240 g/mol. The van der Waals surface area contributed by atoms with Crippen LogP contribution in [0.25, 0.3) is 0 Å². The molecular weight excluding hydrogens is 224 g/mol. The van der Waals surface area contributed by atoms with E-state index in [0.717, 1.165) is 17.6 Å². The molecule has 0 aliphatic heterocycles. The quantitative estimate of drug-likeness (QED) is 0.801. The fraction of sp³-hybridized carbons (Fsp3) is 0.636. The highest BCUT2D eigenvalue weighted by Gasteiger charge is 2.16. The third-order valence-electron chi connectivity index (χ3n) is 2.94. The molecule has 16 heavy (non-hydrogen) atoms. The van der Waals surface area contributed by atoms with Crippen LogP contribution in [-0.2, 0) is 11.2 Å². The van der Waals surface area contributed by atoms with Gasteiger partial charge in [0.1, 0.15) is 0 Å². The lowest BCUT2D eigenvalue weighted by Crippen LogP contribution is -2.15. The zero-order valence-electron chi connectivity index (χ0n) is 9.11. The van der Waals surface area contributed by atoms with E-state index in [1.807, 2.05) is 0 Å². The van der Waals surface area contributed by atoms with E-state index >= 15 is 0 Å². The minimum absolute atomic E-state index is 0.0147. The van der Waals surface area contributed by atoms with E-state index < -0.39 is 5.97 Å². The van der Waals surface area contributed by atoms with Gasteiger partial charge in [-0.15, -0.1) is 11.3 Å². The number of carbonyl (C=O) groups is 1. The Balaban J connectivity index is 1.71. The fourth-order valence-electron chi connectivity index (χ4n) is 1.79. The van der Waals surface area contributed by atoms with E-state index in [0.29, 0.717) is 5.69 Å². The first-order valence-electron chi connectivity index (χ1n) is 5.64. The van der Waals surface area contributed by atoms with Crippen molar-refractivity contribution in [2.75, 3.05) is 11.9 Å². The molecule has 1 aliphatic rings. The second-order valence-electron chi connectivity index (χ2n) is 4.23. The minimum atomic E-state index is -0.827. The molecule has 1 heterocycles. The Hall–Kier alpha value is -1.10. The van der Waals surface area contributed by atoms with Gasteiger partial charge in [0.2, 0.25) is 0 Å². The SMILES string of the molecule is O=C(O)Cc1csc(NCCC2CCC2)n1.